The number of benzene rings is 1. The maximum atomic E-state index is 12.1. The number of aromatic nitrogens is 4. The largest absolute Gasteiger partial charge is 0.309 e. The number of anilines is 1. The second-order valence-corrected chi connectivity index (χ2v) is 6.56. The first kappa shape index (κ1) is 18.9. The zero-order chi connectivity index (χ0) is 19.6. The Kier molecular flexibility index (Phi) is 5.43. The number of nitro groups is 1. The molecule has 2 aromatic heterocycles. The van der Waals surface area contributed by atoms with Gasteiger partial charge in [0.25, 0.3) is 0 Å². The van der Waals surface area contributed by atoms with Gasteiger partial charge in [-0.2, -0.15) is 10.2 Å². The first-order chi connectivity index (χ1) is 12.8. The summed E-state index contributed by atoms with van der Waals surface area (Å²) >= 11 is 12.0. The fourth-order valence-corrected chi connectivity index (χ4v) is 2.90. The Labute approximate surface area is 163 Å². The predicted molar refractivity (Wildman–Crippen MR) is 100 cm³/mol. The van der Waals surface area contributed by atoms with E-state index in [-0.39, 0.29) is 12.2 Å². The highest BCUT2D eigenvalue weighted by Crippen LogP contribution is 2.22. The molecule has 0 atom stereocenters. The summed E-state index contributed by atoms with van der Waals surface area (Å²) in [6, 6.07) is 6.83. The fourth-order valence-electron chi connectivity index (χ4n) is 2.43. The fraction of sp³-hybridized carbons (Fsp3) is 0.188. The molecule has 9 nitrogen and oxygen atoms in total. The minimum atomic E-state index is -0.541. The molecule has 0 aliphatic heterocycles. The highest BCUT2D eigenvalue weighted by molar-refractivity contribution is 6.35. The van der Waals surface area contributed by atoms with Gasteiger partial charge in [0.05, 0.1) is 11.5 Å². The van der Waals surface area contributed by atoms with E-state index >= 15 is 0 Å². The molecule has 0 bridgehead atoms. The van der Waals surface area contributed by atoms with Crippen molar-refractivity contribution in [2.75, 3.05) is 5.32 Å². The first-order valence-electron chi connectivity index (χ1n) is 7.77. The lowest BCUT2D eigenvalue weighted by molar-refractivity contribution is -0.385. The van der Waals surface area contributed by atoms with Crippen molar-refractivity contribution in [1.82, 2.24) is 19.6 Å². The number of nitrogens with zero attached hydrogens (tertiary/aromatic N) is 5. The Morgan fingerprint density at radius 2 is 2.11 bits per heavy atom. The predicted octanol–water partition coefficient (Wildman–Crippen LogP) is 3.29. The molecule has 11 heteroatoms. The number of nitrogens with one attached hydrogen (secondary N) is 1. The van der Waals surface area contributed by atoms with E-state index in [0.717, 1.165) is 11.8 Å². The van der Waals surface area contributed by atoms with E-state index in [0.29, 0.717) is 28.1 Å². The van der Waals surface area contributed by atoms with Crippen molar-refractivity contribution in [2.45, 2.75) is 20.0 Å². The molecular formula is C16H14Cl2N6O3. The topological polar surface area (TPSA) is 108 Å². The number of hydrogen-bond donors (Lipinski definition) is 1. The van der Waals surface area contributed by atoms with Crippen LogP contribution in [-0.2, 0) is 17.9 Å². The summed E-state index contributed by atoms with van der Waals surface area (Å²) in [5.41, 5.74) is 1.01. The van der Waals surface area contributed by atoms with Gasteiger partial charge in [0.1, 0.15) is 18.4 Å². The van der Waals surface area contributed by atoms with E-state index in [2.05, 4.69) is 15.5 Å². The number of hydrogen-bond acceptors (Lipinski definition) is 5. The summed E-state index contributed by atoms with van der Waals surface area (Å²) in [7, 11) is 0. The minimum Gasteiger partial charge on any atom is -0.308 e. The van der Waals surface area contributed by atoms with Crippen LogP contribution in [0.4, 0.5) is 11.5 Å². The van der Waals surface area contributed by atoms with Crippen LogP contribution in [0.2, 0.25) is 10.0 Å². The number of rotatable bonds is 6. The maximum absolute atomic E-state index is 12.1. The van der Waals surface area contributed by atoms with Crippen LogP contribution in [0.5, 0.6) is 0 Å². The molecule has 1 aromatic carbocycles. The van der Waals surface area contributed by atoms with Crippen LogP contribution in [0.1, 0.15) is 11.3 Å². The number of amides is 1. The highest BCUT2D eigenvalue weighted by atomic mass is 35.5. The van der Waals surface area contributed by atoms with E-state index in [1.807, 2.05) is 0 Å². The van der Waals surface area contributed by atoms with Crippen molar-refractivity contribution in [3.63, 3.8) is 0 Å². The van der Waals surface area contributed by atoms with Gasteiger partial charge in [-0.1, -0.05) is 29.3 Å². The van der Waals surface area contributed by atoms with E-state index in [4.69, 9.17) is 23.2 Å². The molecule has 0 aliphatic rings. The lowest BCUT2D eigenvalue weighted by Crippen LogP contribution is -2.20. The standard InChI is InChI=1S/C16H14Cl2N6O3/c1-10-14(24(26)27)7-19-23(10)9-16(25)20-15-4-5-22(21-15)8-11-2-3-12(17)6-13(11)18/h2-7H,8-9H2,1H3,(H,20,21,25). The van der Waals surface area contributed by atoms with E-state index in [1.54, 1.807) is 35.1 Å². The third kappa shape index (κ3) is 4.44. The molecule has 0 fully saturated rings. The van der Waals surface area contributed by atoms with E-state index in [1.165, 1.54) is 11.6 Å². The zero-order valence-electron chi connectivity index (χ0n) is 14.1. The molecule has 1 amide bonds. The molecule has 0 radical (unpaired) electrons. The van der Waals surface area contributed by atoms with Crippen LogP contribution in [0.25, 0.3) is 0 Å². The quantitative estimate of drug-likeness (QED) is 0.497. The smallest absolute Gasteiger partial charge is 0.308 e. The van der Waals surface area contributed by atoms with Gasteiger partial charge >= 0.3 is 5.69 Å². The second-order valence-electron chi connectivity index (χ2n) is 5.71. The summed E-state index contributed by atoms with van der Waals surface area (Å²) in [5.74, 6) is -0.0460. The Balaban J connectivity index is 1.63. The molecule has 1 N–H and O–H groups in total. The van der Waals surface area contributed by atoms with Gasteiger partial charge in [0.2, 0.25) is 5.91 Å². The SMILES string of the molecule is Cc1c([N+](=O)[O-])cnn1CC(=O)Nc1ccn(Cc2ccc(Cl)cc2Cl)n1. The van der Waals surface area contributed by atoms with Gasteiger partial charge in [-0.05, 0) is 24.6 Å². The molecule has 0 aliphatic carbocycles. The molecule has 3 aromatic rings. The van der Waals surface area contributed by atoms with Crippen LogP contribution in [0.3, 0.4) is 0 Å². The molecule has 0 unspecified atom stereocenters. The van der Waals surface area contributed by atoms with Gasteiger partial charge in [-0.25, -0.2) is 0 Å². The lowest BCUT2D eigenvalue weighted by atomic mass is 10.2. The van der Waals surface area contributed by atoms with Gasteiger partial charge in [-0.15, -0.1) is 0 Å². The summed E-state index contributed by atoms with van der Waals surface area (Å²) < 4.78 is 2.88. The van der Waals surface area contributed by atoms with Crippen molar-refractivity contribution >= 4 is 40.6 Å². The summed E-state index contributed by atoms with van der Waals surface area (Å²) in [4.78, 5) is 22.4. The minimum absolute atomic E-state index is 0.132. The molecule has 0 saturated heterocycles. The average molecular weight is 409 g/mol. The van der Waals surface area contributed by atoms with Gasteiger partial charge < -0.3 is 5.32 Å². The lowest BCUT2D eigenvalue weighted by Gasteiger charge is -2.06. The average Bonchev–Trinajstić information content (AvgIpc) is 3.17. The van der Waals surface area contributed by atoms with Gasteiger partial charge in [0.15, 0.2) is 5.82 Å². The monoisotopic (exact) mass is 408 g/mol. The zero-order valence-corrected chi connectivity index (χ0v) is 15.6. The highest BCUT2D eigenvalue weighted by Gasteiger charge is 2.18. The Morgan fingerprint density at radius 3 is 2.78 bits per heavy atom. The molecule has 27 heavy (non-hydrogen) atoms. The molecule has 0 saturated carbocycles. The Hall–Kier alpha value is -2.91. The number of carbonyl (C=O) groups excluding carboxylic acids is 1. The van der Waals surface area contributed by atoms with Crippen LogP contribution >= 0.6 is 23.2 Å². The Bertz CT molecular complexity index is 1010. The maximum Gasteiger partial charge on any atom is 0.309 e. The third-order valence-corrected chi connectivity index (χ3v) is 4.41. The van der Waals surface area contributed by atoms with Gasteiger partial charge in [-0.3, -0.25) is 24.3 Å². The first-order valence-corrected chi connectivity index (χ1v) is 8.53. The molecule has 3 rings (SSSR count). The molecule has 140 valence electrons. The van der Waals surface area contributed by atoms with Crippen LogP contribution in [0.15, 0.2) is 36.7 Å². The van der Waals surface area contributed by atoms with Crippen molar-refractivity contribution in [3.05, 3.63) is 68.1 Å². The van der Waals surface area contributed by atoms with E-state index < -0.39 is 10.8 Å². The van der Waals surface area contributed by atoms with E-state index in [9.17, 15) is 14.9 Å². The van der Waals surface area contributed by atoms with Crippen molar-refractivity contribution in [3.8, 4) is 0 Å². The third-order valence-electron chi connectivity index (χ3n) is 3.82. The molecule has 0 spiro atoms. The number of halogens is 2. The summed E-state index contributed by atoms with van der Waals surface area (Å²) in [5, 5.41) is 22.7. The van der Waals surface area contributed by atoms with Crippen LogP contribution in [0, 0.1) is 17.0 Å². The van der Waals surface area contributed by atoms with Crippen molar-refractivity contribution in [1.29, 1.82) is 0 Å². The Morgan fingerprint density at radius 1 is 1.33 bits per heavy atom. The normalized spacial score (nSPS) is 10.8. The van der Waals surface area contributed by atoms with Crippen LogP contribution < -0.4 is 5.32 Å². The summed E-state index contributed by atoms with van der Waals surface area (Å²) in [6.07, 6.45) is 2.82. The molecule has 2 heterocycles. The van der Waals surface area contributed by atoms with Crippen molar-refractivity contribution < 1.29 is 9.72 Å². The molecular weight excluding hydrogens is 395 g/mol. The summed E-state index contributed by atoms with van der Waals surface area (Å²) in [6.45, 7) is 1.79. The second kappa shape index (κ2) is 7.77. The number of carbonyl (C=O) groups is 1. The van der Waals surface area contributed by atoms with Gasteiger partial charge in [0, 0.05) is 22.3 Å². The van der Waals surface area contributed by atoms with Crippen LogP contribution in [-0.4, -0.2) is 30.4 Å². The van der Waals surface area contributed by atoms with Crippen molar-refractivity contribution in [2.24, 2.45) is 0 Å².